The van der Waals surface area contributed by atoms with Crippen LogP contribution in [-0.4, -0.2) is 47.5 Å². The topological polar surface area (TPSA) is 75.7 Å². The highest BCUT2D eigenvalue weighted by Gasteiger charge is 2.21. The number of ether oxygens (including phenoxy) is 1. The molecule has 1 aliphatic rings. The van der Waals surface area contributed by atoms with Gasteiger partial charge in [0.2, 0.25) is 0 Å². The van der Waals surface area contributed by atoms with Crippen molar-refractivity contribution in [3.8, 4) is 0 Å². The number of hydrogen-bond donors (Lipinski definition) is 1. The van der Waals surface area contributed by atoms with Crippen molar-refractivity contribution in [1.82, 2.24) is 4.90 Å². The van der Waals surface area contributed by atoms with Gasteiger partial charge in [0.05, 0.1) is 12.1 Å². The highest BCUT2D eigenvalue weighted by atomic mass is 79.9. The minimum absolute atomic E-state index is 0.0189. The maximum absolute atomic E-state index is 11.9. The van der Waals surface area contributed by atoms with E-state index in [1.807, 2.05) is 19.1 Å². The molecule has 0 aliphatic carbocycles. The molecule has 6 nitrogen and oxygen atoms in total. The number of amides is 2. The van der Waals surface area contributed by atoms with Crippen molar-refractivity contribution in [3.63, 3.8) is 0 Å². The maximum Gasteiger partial charge on any atom is 0.308 e. The van der Waals surface area contributed by atoms with Crippen LogP contribution in [0.3, 0.4) is 0 Å². The van der Waals surface area contributed by atoms with Crippen molar-refractivity contribution >= 4 is 66.4 Å². The van der Waals surface area contributed by atoms with Crippen LogP contribution in [0.15, 0.2) is 21.1 Å². The van der Waals surface area contributed by atoms with Gasteiger partial charge in [-0.1, -0.05) is 11.8 Å². The van der Waals surface area contributed by atoms with Crippen molar-refractivity contribution in [2.24, 2.45) is 0 Å². The normalized spacial score (nSPS) is 14.0. The number of nitrogens with zero attached hydrogens (tertiary/aromatic N) is 1. The van der Waals surface area contributed by atoms with E-state index in [2.05, 4.69) is 37.2 Å². The lowest BCUT2D eigenvalue weighted by Gasteiger charge is -2.14. The number of thioether (sulfide) groups is 1. The predicted octanol–water partition coefficient (Wildman–Crippen LogP) is 3.56. The standard InChI is InChI=1S/C15H16Br2N2O4S/c1-9-6-10(16)14(11(17)7-9)18-12(20)8-23-13(21)2-3-19-4-5-24-15(19)22/h6-7H,2-5,8H2,1H3,(H,18,20). The third-order valence-electron chi connectivity index (χ3n) is 3.25. The molecule has 1 aromatic carbocycles. The van der Waals surface area contributed by atoms with Gasteiger partial charge in [0.25, 0.3) is 11.1 Å². The number of benzene rings is 1. The summed E-state index contributed by atoms with van der Waals surface area (Å²) in [7, 11) is 0. The van der Waals surface area contributed by atoms with Crippen LogP contribution in [0.1, 0.15) is 12.0 Å². The fourth-order valence-corrected chi connectivity index (χ4v) is 4.53. The molecule has 0 spiro atoms. The molecular formula is C15H16Br2N2O4S. The van der Waals surface area contributed by atoms with E-state index in [-0.39, 0.29) is 18.3 Å². The Kier molecular flexibility index (Phi) is 7.12. The average Bonchev–Trinajstić information content (AvgIpc) is 2.92. The number of esters is 1. The lowest BCUT2D eigenvalue weighted by Crippen LogP contribution is -2.27. The Labute approximate surface area is 160 Å². The Bertz CT molecular complexity index is 646. The molecule has 1 aliphatic heterocycles. The zero-order valence-electron chi connectivity index (χ0n) is 12.9. The van der Waals surface area contributed by atoms with Crippen molar-refractivity contribution in [1.29, 1.82) is 0 Å². The first kappa shape index (κ1) is 19.3. The van der Waals surface area contributed by atoms with E-state index >= 15 is 0 Å². The van der Waals surface area contributed by atoms with E-state index in [1.54, 1.807) is 4.90 Å². The van der Waals surface area contributed by atoms with Crippen molar-refractivity contribution < 1.29 is 19.1 Å². The molecule has 0 saturated carbocycles. The number of rotatable bonds is 6. The van der Waals surface area contributed by atoms with E-state index in [0.717, 1.165) is 20.3 Å². The molecule has 0 bridgehead atoms. The van der Waals surface area contributed by atoms with Crippen LogP contribution < -0.4 is 5.32 Å². The first-order valence-corrected chi connectivity index (χ1v) is 9.77. The summed E-state index contributed by atoms with van der Waals surface area (Å²) >= 11 is 8.01. The number of aryl methyl sites for hydroxylation is 1. The van der Waals surface area contributed by atoms with Gasteiger partial charge in [-0.3, -0.25) is 14.4 Å². The second-order valence-electron chi connectivity index (χ2n) is 5.16. The SMILES string of the molecule is Cc1cc(Br)c(NC(=O)COC(=O)CCN2CCSC2=O)c(Br)c1. The van der Waals surface area contributed by atoms with E-state index < -0.39 is 11.9 Å². The molecule has 1 fully saturated rings. The first-order valence-electron chi connectivity index (χ1n) is 7.19. The largest absolute Gasteiger partial charge is 0.456 e. The summed E-state index contributed by atoms with van der Waals surface area (Å²) in [6.07, 6.45) is 0.0809. The van der Waals surface area contributed by atoms with Crippen LogP contribution in [0.5, 0.6) is 0 Å². The second-order valence-corrected chi connectivity index (χ2v) is 7.92. The highest BCUT2D eigenvalue weighted by molar-refractivity contribution is 9.11. The van der Waals surface area contributed by atoms with Gasteiger partial charge in [-0.2, -0.15) is 0 Å². The van der Waals surface area contributed by atoms with Crippen LogP contribution in [0, 0.1) is 6.92 Å². The van der Waals surface area contributed by atoms with Crippen molar-refractivity contribution in [3.05, 3.63) is 26.6 Å². The molecule has 0 unspecified atom stereocenters. The number of hydrogen-bond acceptors (Lipinski definition) is 5. The minimum Gasteiger partial charge on any atom is -0.456 e. The van der Waals surface area contributed by atoms with Gasteiger partial charge in [-0.05, 0) is 56.5 Å². The van der Waals surface area contributed by atoms with E-state index in [4.69, 9.17) is 4.74 Å². The molecule has 2 rings (SSSR count). The zero-order chi connectivity index (χ0) is 17.7. The summed E-state index contributed by atoms with van der Waals surface area (Å²) in [5.74, 6) is -0.186. The molecule has 130 valence electrons. The molecule has 1 heterocycles. The number of carbonyl (C=O) groups excluding carboxylic acids is 3. The number of carbonyl (C=O) groups is 3. The van der Waals surface area contributed by atoms with Gasteiger partial charge in [-0.25, -0.2) is 0 Å². The quantitative estimate of drug-likeness (QED) is 0.631. The van der Waals surface area contributed by atoms with E-state index in [1.165, 1.54) is 11.8 Å². The predicted molar refractivity (Wildman–Crippen MR) is 100 cm³/mol. The van der Waals surface area contributed by atoms with Gasteiger partial charge >= 0.3 is 5.97 Å². The van der Waals surface area contributed by atoms with Gasteiger partial charge < -0.3 is 15.0 Å². The fraction of sp³-hybridized carbons (Fsp3) is 0.400. The Hall–Kier alpha value is -1.06. The maximum atomic E-state index is 11.9. The molecule has 0 atom stereocenters. The first-order chi connectivity index (χ1) is 11.4. The summed E-state index contributed by atoms with van der Waals surface area (Å²) in [6.45, 7) is 2.54. The molecule has 9 heteroatoms. The smallest absolute Gasteiger partial charge is 0.308 e. The Morgan fingerprint density at radius 3 is 2.58 bits per heavy atom. The number of anilines is 1. The number of halogens is 2. The number of nitrogens with one attached hydrogen (secondary N) is 1. The highest BCUT2D eigenvalue weighted by Crippen LogP contribution is 2.32. The van der Waals surface area contributed by atoms with Crippen molar-refractivity contribution in [2.45, 2.75) is 13.3 Å². The van der Waals surface area contributed by atoms with Crippen LogP contribution in [0.25, 0.3) is 0 Å². The molecule has 1 saturated heterocycles. The van der Waals surface area contributed by atoms with Crippen LogP contribution in [0.2, 0.25) is 0 Å². The molecule has 1 N–H and O–H groups in total. The van der Waals surface area contributed by atoms with Crippen LogP contribution >= 0.6 is 43.6 Å². The van der Waals surface area contributed by atoms with Gasteiger partial charge in [0.1, 0.15) is 0 Å². The second kappa shape index (κ2) is 8.87. The molecule has 0 radical (unpaired) electrons. The summed E-state index contributed by atoms with van der Waals surface area (Å²) in [6, 6.07) is 3.74. The molecule has 1 aromatic rings. The average molecular weight is 480 g/mol. The minimum atomic E-state index is -0.503. The lowest BCUT2D eigenvalue weighted by atomic mass is 10.2. The van der Waals surface area contributed by atoms with Crippen LogP contribution in [-0.2, 0) is 14.3 Å². The molecule has 24 heavy (non-hydrogen) atoms. The van der Waals surface area contributed by atoms with E-state index in [0.29, 0.717) is 18.8 Å². The monoisotopic (exact) mass is 478 g/mol. The van der Waals surface area contributed by atoms with E-state index in [9.17, 15) is 14.4 Å². The Morgan fingerprint density at radius 1 is 1.33 bits per heavy atom. The van der Waals surface area contributed by atoms with Gasteiger partial charge in [0.15, 0.2) is 6.61 Å². The summed E-state index contributed by atoms with van der Waals surface area (Å²) in [5.41, 5.74) is 1.62. The fourth-order valence-electron chi connectivity index (χ4n) is 2.07. The Morgan fingerprint density at radius 2 is 2.00 bits per heavy atom. The van der Waals surface area contributed by atoms with Gasteiger partial charge in [-0.15, -0.1) is 0 Å². The third kappa shape index (κ3) is 5.49. The lowest BCUT2D eigenvalue weighted by molar-refractivity contribution is -0.147. The Balaban J connectivity index is 1.76. The molecule has 2 amide bonds. The van der Waals surface area contributed by atoms with Crippen LogP contribution in [0.4, 0.5) is 10.5 Å². The third-order valence-corrected chi connectivity index (χ3v) is 5.39. The zero-order valence-corrected chi connectivity index (χ0v) is 16.9. The van der Waals surface area contributed by atoms with Gasteiger partial charge in [0, 0.05) is 27.8 Å². The van der Waals surface area contributed by atoms with Crippen molar-refractivity contribution in [2.75, 3.05) is 30.8 Å². The summed E-state index contributed by atoms with van der Waals surface area (Å²) < 4.78 is 6.42. The summed E-state index contributed by atoms with van der Waals surface area (Å²) in [4.78, 5) is 36.6. The molecule has 0 aromatic heterocycles. The summed E-state index contributed by atoms with van der Waals surface area (Å²) in [5, 5.41) is 2.67. The molecular weight excluding hydrogens is 464 g/mol.